The van der Waals surface area contributed by atoms with Gasteiger partial charge in [-0.05, 0) is 57.0 Å². The summed E-state index contributed by atoms with van der Waals surface area (Å²) in [5.41, 5.74) is -1.22. The minimum Gasteiger partial charge on any atom is -0.481 e. The summed E-state index contributed by atoms with van der Waals surface area (Å²) < 4.78 is 55.1. The van der Waals surface area contributed by atoms with Crippen molar-refractivity contribution in [3.63, 3.8) is 0 Å². The minimum absolute atomic E-state index is 0.0145. The number of aliphatic carboxylic acids is 1. The number of anilines is 2. The van der Waals surface area contributed by atoms with Crippen LogP contribution in [0.3, 0.4) is 0 Å². The fraction of sp³-hybridized carbons (Fsp3) is 0.400. The molecule has 1 aliphatic rings. The van der Waals surface area contributed by atoms with E-state index in [1.54, 1.807) is 26.0 Å². The molecule has 1 fully saturated rings. The third-order valence-corrected chi connectivity index (χ3v) is 6.94. The van der Waals surface area contributed by atoms with Crippen LogP contribution in [-0.4, -0.2) is 43.4 Å². The van der Waals surface area contributed by atoms with Gasteiger partial charge >= 0.3 is 12.1 Å². The summed E-state index contributed by atoms with van der Waals surface area (Å²) >= 11 is 0. The minimum atomic E-state index is -4.48. The van der Waals surface area contributed by atoms with Crippen molar-refractivity contribution in [2.75, 3.05) is 17.7 Å². The molecule has 4 rings (SSSR count). The normalized spacial score (nSPS) is 20.6. The van der Waals surface area contributed by atoms with Crippen LogP contribution in [0.4, 0.5) is 29.2 Å². The Morgan fingerprint density at radius 1 is 1.24 bits per heavy atom. The van der Waals surface area contributed by atoms with E-state index in [0.717, 1.165) is 6.07 Å². The summed E-state index contributed by atoms with van der Waals surface area (Å²) in [5.74, 6) is 4.64. The van der Waals surface area contributed by atoms with Gasteiger partial charge in [0.2, 0.25) is 0 Å². The van der Waals surface area contributed by atoms with Crippen LogP contribution in [0.5, 0.6) is 0 Å². The average molecular weight is 521 g/mol. The maximum atomic E-state index is 14.7. The van der Waals surface area contributed by atoms with E-state index >= 15 is 0 Å². The highest BCUT2D eigenvalue weighted by molar-refractivity contribution is 5.75. The number of aryl methyl sites for hydroxylation is 1. The second-order valence-corrected chi connectivity index (χ2v) is 9.56. The van der Waals surface area contributed by atoms with Crippen LogP contribution in [0.25, 0.3) is 0 Å². The molecule has 2 aromatic heterocycles. The van der Waals surface area contributed by atoms with Crippen molar-refractivity contribution in [3.05, 3.63) is 70.8 Å². The molecule has 0 unspecified atom stereocenters. The number of carbonyl (C=O) groups is 1. The Kier molecular flexibility index (Phi) is 7.13. The van der Waals surface area contributed by atoms with Crippen molar-refractivity contribution in [2.24, 2.45) is 5.41 Å². The SMILES string of the molecule is Cc1cc(Nc2ccc(F)c(C[C@@]3(C(=O)O)CCN(Cc4ccccc4C(F)(F)F)[C@H](C)C3)n2)nn1N. The van der Waals surface area contributed by atoms with Crippen LogP contribution in [0.2, 0.25) is 0 Å². The Balaban J connectivity index is 1.52. The highest BCUT2D eigenvalue weighted by Gasteiger charge is 2.45. The molecule has 0 radical (unpaired) electrons. The molecule has 0 saturated carbocycles. The van der Waals surface area contributed by atoms with Gasteiger partial charge in [-0.25, -0.2) is 9.37 Å². The molecule has 8 nitrogen and oxygen atoms in total. The van der Waals surface area contributed by atoms with Crippen molar-refractivity contribution in [3.8, 4) is 0 Å². The van der Waals surface area contributed by atoms with Crippen molar-refractivity contribution >= 4 is 17.6 Å². The zero-order valence-corrected chi connectivity index (χ0v) is 20.4. The molecule has 4 N–H and O–H groups in total. The van der Waals surface area contributed by atoms with Gasteiger partial charge in [0.1, 0.15) is 11.6 Å². The van der Waals surface area contributed by atoms with Gasteiger partial charge in [0.05, 0.1) is 22.4 Å². The summed E-state index contributed by atoms with van der Waals surface area (Å²) in [6.45, 7) is 3.81. The largest absolute Gasteiger partial charge is 0.481 e. The number of alkyl halides is 3. The Labute approximate surface area is 211 Å². The van der Waals surface area contributed by atoms with E-state index in [2.05, 4.69) is 15.4 Å². The van der Waals surface area contributed by atoms with E-state index in [-0.39, 0.29) is 55.5 Å². The van der Waals surface area contributed by atoms with Gasteiger partial charge in [-0.1, -0.05) is 18.2 Å². The number of nitrogens with zero attached hydrogens (tertiary/aromatic N) is 4. The number of piperidine rings is 1. The third-order valence-electron chi connectivity index (χ3n) is 6.94. The van der Waals surface area contributed by atoms with E-state index < -0.39 is 28.9 Å². The molecule has 1 saturated heterocycles. The molecule has 0 spiro atoms. The molecule has 198 valence electrons. The maximum absolute atomic E-state index is 14.7. The Morgan fingerprint density at radius 2 is 1.97 bits per heavy atom. The molecular formula is C25H28F4N6O2. The standard InChI is InChI=1S/C25H28F4N6O2/c1-15-11-22(33-35(15)30)32-21-8-7-19(26)20(31-21)13-24(23(36)37)9-10-34(16(2)12-24)14-17-5-3-4-6-18(17)25(27,28)29/h3-8,11,16H,9-10,12-14,30H2,1-2H3,(H,36,37)(H,31,32,33)/t16-,24-/m1/s1. The van der Waals surface area contributed by atoms with Gasteiger partial charge in [-0.15, -0.1) is 5.10 Å². The highest BCUT2D eigenvalue weighted by atomic mass is 19.4. The number of nitrogens with two attached hydrogens (primary N) is 1. The predicted octanol–water partition coefficient (Wildman–Crippen LogP) is 4.50. The summed E-state index contributed by atoms with van der Waals surface area (Å²) in [5, 5.41) is 17.2. The quantitative estimate of drug-likeness (QED) is 0.311. The number of carboxylic acids is 1. The van der Waals surface area contributed by atoms with E-state index in [0.29, 0.717) is 11.5 Å². The van der Waals surface area contributed by atoms with Crippen molar-refractivity contribution in [1.29, 1.82) is 0 Å². The second kappa shape index (κ2) is 10.0. The van der Waals surface area contributed by atoms with Crippen molar-refractivity contribution < 1.29 is 27.5 Å². The Morgan fingerprint density at radius 3 is 2.59 bits per heavy atom. The van der Waals surface area contributed by atoms with E-state index in [1.807, 2.05) is 4.90 Å². The van der Waals surface area contributed by atoms with Crippen LogP contribution >= 0.6 is 0 Å². The third kappa shape index (κ3) is 5.68. The number of halogens is 4. The molecule has 12 heteroatoms. The molecule has 2 atom stereocenters. The van der Waals surface area contributed by atoms with Crippen LogP contribution in [0, 0.1) is 18.2 Å². The molecule has 1 aromatic carbocycles. The van der Waals surface area contributed by atoms with Gasteiger partial charge in [-0.2, -0.15) is 18.0 Å². The number of benzene rings is 1. The van der Waals surface area contributed by atoms with Crippen LogP contribution in [-0.2, 0) is 23.9 Å². The molecule has 1 aliphatic heterocycles. The van der Waals surface area contributed by atoms with Crippen LogP contribution in [0.1, 0.15) is 42.3 Å². The number of hydrogen-bond acceptors (Lipinski definition) is 6. The summed E-state index contributed by atoms with van der Waals surface area (Å²) in [6.07, 6.45) is -4.38. The lowest BCUT2D eigenvalue weighted by Crippen LogP contribution is -2.50. The molecule has 3 heterocycles. The summed E-state index contributed by atoms with van der Waals surface area (Å²) in [6, 6.07) is 9.32. The van der Waals surface area contributed by atoms with Crippen LogP contribution in [0.15, 0.2) is 42.5 Å². The van der Waals surface area contributed by atoms with Gasteiger partial charge in [0.25, 0.3) is 0 Å². The molecule has 0 bridgehead atoms. The number of nitrogens with one attached hydrogen (secondary N) is 1. The lowest BCUT2D eigenvalue weighted by Gasteiger charge is -2.43. The van der Waals surface area contributed by atoms with E-state index in [1.165, 1.54) is 29.1 Å². The monoisotopic (exact) mass is 520 g/mol. The molecule has 3 aromatic rings. The first-order valence-corrected chi connectivity index (χ1v) is 11.7. The smallest absolute Gasteiger partial charge is 0.416 e. The van der Waals surface area contributed by atoms with Gasteiger partial charge in [0.15, 0.2) is 5.82 Å². The van der Waals surface area contributed by atoms with Crippen molar-refractivity contribution in [2.45, 2.75) is 51.9 Å². The lowest BCUT2D eigenvalue weighted by atomic mass is 9.72. The first kappa shape index (κ1) is 26.4. The molecule has 0 amide bonds. The summed E-state index contributed by atoms with van der Waals surface area (Å²) in [7, 11) is 0. The van der Waals surface area contributed by atoms with Gasteiger partial charge in [-0.3, -0.25) is 9.69 Å². The topological polar surface area (TPSA) is 109 Å². The first-order valence-electron chi connectivity index (χ1n) is 11.7. The van der Waals surface area contributed by atoms with Crippen molar-refractivity contribution in [1.82, 2.24) is 19.8 Å². The van der Waals surface area contributed by atoms with E-state index in [4.69, 9.17) is 5.84 Å². The van der Waals surface area contributed by atoms with E-state index in [9.17, 15) is 27.5 Å². The number of pyridine rings is 1. The molecule has 37 heavy (non-hydrogen) atoms. The highest BCUT2D eigenvalue weighted by Crippen LogP contribution is 2.40. The zero-order chi connectivity index (χ0) is 27.0. The Bertz CT molecular complexity index is 1270. The number of rotatable bonds is 7. The predicted molar refractivity (Wildman–Crippen MR) is 129 cm³/mol. The molecular weight excluding hydrogens is 492 g/mol. The number of nitrogen functional groups attached to an aromatic ring is 1. The van der Waals surface area contributed by atoms with Gasteiger partial charge < -0.3 is 16.3 Å². The lowest BCUT2D eigenvalue weighted by molar-refractivity contribution is -0.153. The number of aromatic nitrogens is 3. The van der Waals surface area contributed by atoms with Crippen LogP contribution < -0.4 is 11.2 Å². The number of hydrogen-bond donors (Lipinski definition) is 3. The average Bonchev–Trinajstić information content (AvgIpc) is 3.14. The first-order chi connectivity index (χ1) is 17.4. The van der Waals surface area contributed by atoms with Gasteiger partial charge in [0, 0.05) is 25.1 Å². The Hall–Kier alpha value is -3.67. The zero-order valence-electron chi connectivity index (χ0n) is 20.4. The maximum Gasteiger partial charge on any atom is 0.416 e. The fourth-order valence-electron chi connectivity index (χ4n) is 4.87. The second-order valence-electron chi connectivity index (χ2n) is 9.56. The number of carboxylic acid groups (broad SMARTS) is 1. The number of likely N-dealkylation sites (tertiary alicyclic amines) is 1. The molecule has 0 aliphatic carbocycles. The fourth-order valence-corrected chi connectivity index (χ4v) is 4.87. The summed E-state index contributed by atoms with van der Waals surface area (Å²) in [4.78, 5) is 19.8.